The van der Waals surface area contributed by atoms with Crippen LogP contribution in [0.15, 0.2) is 47.6 Å². The van der Waals surface area contributed by atoms with Gasteiger partial charge in [-0.05, 0) is 49.4 Å². The van der Waals surface area contributed by atoms with Crippen molar-refractivity contribution < 1.29 is 13.9 Å². The third-order valence-corrected chi connectivity index (χ3v) is 3.22. The van der Waals surface area contributed by atoms with E-state index in [1.54, 1.807) is 25.1 Å². The minimum Gasteiger partial charge on any atom is -0.496 e. The Morgan fingerprint density at radius 2 is 1.91 bits per heavy atom. The number of methoxy groups -OCH3 is 1. The van der Waals surface area contributed by atoms with Gasteiger partial charge in [-0.15, -0.1) is 0 Å². The standard InChI is InChI=1S/C16H14ClFN2O2/c1-10(14-9-12(17)5-8-15(14)22-2)19-20-16(21)11-3-6-13(18)7-4-11/h3-9H,1-2H3,(H,20,21)/b19-10-. The van der Waals surface area contributed by atoms with Crippen LogP contribution in [-0.2, 0) is 0 Å². The van der Waals surface area contributed by atoms with E-state index in [4.69, 9.17) is 16.3 Å². The van der Waals surface area contributed by atoms with E-state index in [2.05, 4.69) is 10.5 Å². The molecule has 4 nitrogen and oxygen atoms in total. The first-order chi connectivity index (χ1) is 10.5. The van der Waals surface area contributed by atoms with Crippen LogP contribution in [0.4, 0.5) is 4.39 Å². The van der Waals surface area contributed by atoms with Crippen LogP contribution in [0.3, 0.4) is 0 Å². The second kappa shape index (κ2) is 7.04. The number of halogens is 2. The minimum atomic E-state index is -0.430. The number of carbonyl (C=O) groups is 1. The average molecular weight is 321 g/mol. The summed E-state index contributed by atoms with van der Waals surface area (Å²) >= 11 is 5.96. The average Bonchev–Trinajstić information content (AvgIpc) is 2.53. The molecule has 1 amide bonds. The van der Waals surface area contributed by atoms with E-state index in [1.165, 1.54) is 31.4 Å². The zero-order chi connectivity index (χ0) is 16.1. The molecule has 0 saturated heterocycles. The van der Waals surface area contributed by atoms with Crippen LogP contribution < -0.4 is 10.2 Å². The van der Waals surface area contributed by atoms with Gasteiger partial charge in [0, 0.05) is 16.1 Å². The Morgan fingerprint density at radius 3 is 2.55 bits per heavy atom. The number of ether oxygens (including phenoxy) is 1. The van der Waals surface area contributed by atoms with E-state index >= 15 is 0 Å². The summed E-state index contributed by atoms with van der Waals surface area (Å²) in [7, 11) is 1.54. The lowest BCUT2D eigenvalue weighted by atomic mass is 10.1. The number of carbonyl (C=O) groups excluding carboxylic acids is 1. The van der Waals surface area contributed by atoms with Crippen LogP contribution >= 0.6 is 11.6 Å². The first-order valence-electron chi connectivity index (χ1n) is 6.45. The van der Waals surface area contributed by atoms with Crippen LogP contribution in [0, 0.1) is 5.82 Å². The molecule has 0 radical (unpaired) electrons. The SMILES string of the molecule is COc1ccc(Cl)cc1/C(C)=N\NC(=O)c1ccc(F)cc1. The molecule has 2 rings (SSSR count). The van der Waals surface area contributed by atoms with E-state index in [9.17, 15) is 9.18 Å². The molecule has 0 bridgehead atoms. The summed E-state index contributed by atoms with van der Waals surface area (Å²) < 4.78 is 18.1. The van der Waals surface area contributed by atoms with E-state index in [0.29, 0.717) is 27.6 Å². The molecular formula is C16H14ClFN2O2. The summed E-state index contributed by atoms with van der Waals surface area (Å²) in [6.45, 7) is 1.72. The monoisotopic (exact) mass is 320 g/mol. The molecule has 22 heavy (non-hydrogen) atoms. The van der Waals surface area contributed by atoms with Gasteiger partial charge in [0.25, 0.3) is 5.91 Å². The summed E-state index contributed by atoms with van der Waals surface area (Å²) in [6, 6.07) is 10.3. The Kier molecular flexibility index (Phi) is 5.12. The molecule has 0 aliphatic carbocycles. The largest absolute Gasteiger partial charge is 0.496 e. The summed E-state index contributed by atoms with van der Waals surface area (Å²) in [6.07, 6.45) is 0. The number of nitrogens with one attached hydrogen (secondary N) is 1. The normalized spacial score (nSPS) is 11.2. The maximum atomic E-state index is 12.8. The molecule has 0 unspecified atom stereocenters. The van der Waals surface area contributed by atoms with Crippen molar-refractivity contribution in [3.05, 3.63) is 64.4 Å². The van der Waals surface area contributed by atoms with Gasteiger partial charge in [0.05, 0.1) is 12.8 Å². The van der Waals surface area contributed by atoms with Crippen molar-refractivity contribution in [2.75, 3.05) is 7.11 Å². The Hall–Kier alpha value is -2.40. The van der Waals surface area contributed by atoms with Gasteiger partial charge < -0.3 is 4.74 Å². The van der Waals surface area contributed by atoms with Crippen molar-refractivity contribution in [3.8, 4) is 5.75 Å². The molecule has 0 aliphatic heterocycles. The highest BCUT2D eigenvalue weighted by atomic mass is 35.5. The second-order valence-corrected chi connectivity index (χ2v) is 4.93. The molecule has 6 heteroatoms. The van der Waals surface area contributed by atoms with Crippen LogP contribution in [0.5, 0.6) is 5.75 Å². The molecule has 0 atom stereocenters. The van der Waals surface area contributed by atoms with Crippen molar-refractivity contribution in [3.63, 3.8) is 0 Å². The van der Waals surface area contributed by atoms with Gasteiger partial charge in [0.1, 0.15) is 11.6 Å². The van der Waals surface area contributed by atoms with Gasteiger partial charge in [-0.2, -0.15) is 5.10 Å². The predicted molar refractivity (Wildman–Crippen MR) is 84.1 cm³/mol. The van der Waals surface area contributed by atoms with Gasteiger partial charge in [-0.1, -0.05) is 11.6 Å². The highest BCUT2D eigenvalue weighted by Gasteiger charge is 2.09. The fourth-order valence-corrected chi connectivity index (χ4v) is 2.00. The second-order valence-electron chi connectivity index (χ2n) is 4.49. The third-order valence-electron chi connectivity index (χ3n) is 2.98. The fraction of sp³-hybridized carbons (Fsp3) is 0.125. The van der Waals surface area contributed by atoms with Gasteiger partial charge in [0.15, 0.2) is 0 Å². The van der Waals surface area contributed by atoms with Gasteiger partial charge in [-0.25, -0.2) is 9.82 Å². The zero-order valence-electron chi connectivity index (χ0n) is 12.1. The smallest absolute Gasteiger partial charge is 0.271 e. The maximum Gasteiger partial charge on any atom is 0.271 e. The van der Waals surface area contributed by atoms with Crippen molar-refractivity contribution >= 4 is 23.2 Å². The summed E-state index contributed by atoms with van der Waals surface area (Å²) in [4.78, 5) is 11.9. The fourth-order valence-electron chi connectivity index (χ4n) is 1.82. The lowest BCUT2D eigenvalue weighted by Crippen LogP contribution is -2.19. The van der Waals surface area contributed by atoms with E-state index < -0.39 is 11.7 Å². The number of nitrogens with zero attached hydrogens (tertiary/aromatic N) is 1. The van der Waals surface area contributed by atoms with Crippen LogP contribution in [0.2, 0.25) is 5.02 Å². The molecule has 2 aromatic rings. The topological polar surface area (TPSA) is 50.7 Å². The van der Waals surface area contributed by atoms with Crippen LogP contribution in [0.1, 0.15) is 22.8 Å². The molecule has 0 aliphatic rings. The van der Waals surface area contributed by atoms with E-state index in [-0.39, 0.29) is 0 Å². The molecule has 2 aromatic carbocycles. The van der Waals surface area contributed by atoms with Gasteiger partial charge in [0.2, 0.25) is 0 Å². The number of rotatable bonds is 4. The van der Waals surface area contributed by atoms with E-state index in [0.717, 1.165) is 0 Å². The molecule has 0 saturated carbocycles. The number of hydrazone groups is 1. The summed E-state index contributed by atoms with van der Waals surface area (Å²) in [5.74, 6) is -0.234. The summed E-state index contributed by atoms with van der Waals surface area (Å²) in [5.41, 5.74) is 3.94. The van der Waals surface area contributed by atoms with Gasteiger partial charge >= 0.3 is 0 Å². The number of benzene rings is 2. The van der Waals surface area contributed by atoms with Crippen molar-refractivity contribution in [1.82, 2.24) is 5.43 Å². The van der Waals surface area contributed by atoms with Crippen molar-refractivity contribution in [2.24, 2.45) is 5.10 Å². The number of hydrogen-bond donors (Lipinski definition) is 1. The number of hydrogen-bond acceptors (Lipinski definition) is 3. The quantitative estimate of drug-likeness (QED) is 0.690. The summed E-state index contributed by atoms with van der Waals surface area (Å²) in [5, 5.41) is 4.56. The molecule has 0 heterocycles. The molecule has 1 N–H and O–H groups in total. The number of amides is 1. The van der Waals surface area contributed by atoms with Gasteiger partial charge in [-0.3, -0.25) is 4.79 Å². The Balaban J connectivity index is 2.17. The lowest BCUT2D eigenvalue weighted by Gasteiger charge is -2.09. The third kappa shape index (κ3) is 3.83. The molecule has 0 aromatic heterocycles. The van der Waals surface area contributed by atoms with E-state index in [1.807, 2.05) is 0 Å². The highest BCUT2D eigenvalue weighted by Crippen LogP contribution is 2.23. The first-order valence-corrected chi connectivity index (χ1v) is 6.83. The van der Waals surface area contributed by atoms with Crippen molar-refractivity contribution in [2.45, 2.75) is 6.92 Å². The maximum absolute atomic E-state index is 12.8. The molecular weight excluding hydrogens is 307 g/mol. The van der Waals surface area contributed by atoms with Crippen LogP contribution in [0.25, 0.3) is 0 Å². The van der Waals surface area contributed by atoms with Crippen molar-refractivity contribution in [1.29, 1.82) is 0 Å². The minimum absolute atomic E-state index is 0.316. The molecule has 0 fully saturated rings. The Morgan fingerprint density at radius 1 is 1.23 bits per heavy atom. The lowest BCUT2D eigenvalue weighted by molar-refractivity contribution is 0.0955. The molecule has 114 valence electrons. The first kappa shape index (κ1) is 16.0. The van der Waals surface area contributed by atoms with Crippen LogP contribution in [-0.4, -0.2) is 18.7 Å². The highest BCUT2D eigenvalue weighted by molar-refractivity contribution is 6.31. The molecule has 0 spiro atoms. The Bertz CT molecular complexity index is 715. The zero-order valence-corrected chi connectivity index (χ0v) is 12.8. The predicted octanol–water partition coefficient (Wildman–Crippen LogP) is 3.64. The Labute approximate surface area is 132 Å².